The number of amides is 1. The Morgan fingerprint density at radius 3 is 2.38 bits per heavy atom. The number of hydrogen-bond acceptors (Lipinski definition) is 4. The van der Waals surface area contributed by atoms with Gasteiger partial charge in [-0.2, -0.15) is 4.31 Å². The van der Waals surface area contributed by atoms with Gasteiger partial charge in [0.15, 0.2) is 0 Å². The first-order chi connectivity index (χ1) is 12.4. The van der Waals surface area contributed by atoms with Crippen molar-refractivity contribution in [3.63, 3.8) is 0 Å². The summed E-state index contributed by atoms with van der Waals surface area (Å²) in [5, 5.41) is 0. The third-order valence-electron chi connectivity index (χ3n) is 5.61. The van der Waals surface area contributed by atoms with Crippen LogP contribution >= 0.6 is 0 Å². The molecule has 0 unspecified atom stereocenters. The Labute approximate surface area is 156 Å². The molecule has 0 spiro atoms. The van der Waals surface area contributed by atoms with Crippen molar-refractivity contribution in [2.24, 2.45) is 5.92 Å². The molecule has 144 valence electrons. The van der Waals surface area contributed by atoms with Gasteiger partial charge in [-0.15, -0.1) is 0 Å². The molecule has 2 aliphatic heterocycles. The highest BCUT2D eigenvalue weighted by atomic mass is 32.2. The summed E-state index contributed by atoms with van der Waals surface area (Å²) in [4.78, 5) is 14.7. The van der Waals surface area contributed by atoms with E-state index in [9.17, 15) is 13.2 Å². The molecule has 2 saturated heterocycles. The van der Waals surface area contributed by atoms with E-state index in [1.54, 1.807) is 4.31 Å². The maximum Gasteiger partial charge on any atom is 0.226 e. The van der Waals surface area contributed by atoms with Crippen LogP contribution in [-0.4, -0.2) is 61.9 Å². The van der Waals surface area contributed by atoms with E-state index in [4.69, 9.17) is 4.74 Å². The van der Waals surface area contributed by atoms with Gasteiger partial charge in [0.1, 0.15) is 0 Å². The summed E-state index contributed by atoms with van der Waals surface area (Å²) in [5.41, 5.74) is 0.785. The minimum atomic E-state index is -3.42. The zero-order chi connectivity index (χ0) is 18.7. The van der Waals surface area contributed by atoms with Crippen molar-refractivity contribution in [2.45, 2.75) is 44.5 Å². The monoisotopic (exact) mass is 380 g/mol. The summed E-state index contributed by atoms with van der Waals surface area (Å²) in [5.74, 6) is 0.150. The summed E-state index contributed by atoms with van der Waals surface area (Å²) in [6, 6.07) is 8.86. The van der Waals surface area contributed by atoms with E-state index in [2.05, 4.69) is 0 Å². The lowest BCUT2D eigenvalue weighted by atomic mass is 9.96. The molecular weight excluding hydrogens is 352 g/mol. The van der Waals surface area contributed by atoms with E-state index in [-0.39, 0.29) is 29.7 Å². The molecule has 6 nitrogen and oxygen atoms in total. The van der Waals surface area contributed by atoms with Gasteiger partial charge < -0.3 is 9.64 Å². The summed E-state index contributed by atoms with van der Waals surface area (Å²) in [7, 11) is -3.42. The van der Waals surface area contributed by atoms with Crippen molar-refractivity contribution in [1.82, 2.24) is 9.21 Å². The normalized spacial score (nSPS) is 26.0. The zero-order valence-corrected chi connectivity index (χ0v) is 16.3. The Morgan fingerprint density at radius 1 is 1.08 bits per heavy atom. The van der Waals surface area contributed by atoms with Crippen LogP contribution in [0, 0.1) is 5.92 Å². The number of carbonyl (C=O) groups excluding carboxylic acids is 1. The van der Waals surface area contributed by atoms with Crippen LogP contribution in [0.25, 0.3) is 0 Å². The van der Waals surface area contributed by atoms with Crippen LogP contribution in [0.5, 0.6) is 0 Å². The van der Waals surface area contributed by atoms with Gasteiger partial charge in [0, 0.05) is 44.3 Å². The summed E-state index contributed by atoms with van der Waals surface area (Å²) >= 11 is 0. The number of hydrogen-bond donors (Lipinski definition) is 0. The number of piperazine rings is 1. The van der Waals surface area contributed by atoms with Crippen molar-refractivity contribution < 1.29 is 17.9 Å². The Hall–Kier alpha value is -1.44. The molecular formula is C19H28N2O4S. The standard InChI is InChI=1S/C19H28N2O4S/c1-15-16(2)21(26(23,24)14-17-6-4-3-5-7-17)11-10-20(15)19(22)18-8-12-25-13-9-18/h3-7,15-16,18H,8-14H2,1-2H3/t15-,16-/m1/s1. The molecule has 2 aliphatic rings. The van der Waals surface area contributed by atoms with E-state index < -0.39 is 10.0 Å². The van der Waals surface area contributed by atoms with Crippen molar-refractivity contribution in [2.75, 3.05) is 26.3 Å². The van der Waals surface area contributed by atoms with Gasteiger partial charge in [-0.1, -0.05) is 30.3 Å². The first-order valence-corrected chi connectivity index (χ1v) is 10.9. The van der Waals surface area contributed by atoms with Crippen molar-refractivity contribution in [1.29, 1.82) is 0 Å². The summed E-state index contributed by atoms with van der Waals surface area (Å²) in [6.45, 7) is 5.92. The molecule has 2 heterocycles. The van der Waals surface area contributed by atoms with Gasteiger partial charge in [-0.05, 0) is 32.3 Å². The SMILES string of the molecule is C[C@@H]1[C@@H](C)N(S(=O)(=O)Cc2ccccc2)CCN1C(=O)C1CCOCC1. The van der Waals surface area contributed by atoms with Crippen LogP contribution in [0.4, 0.5) is 0 Å². The number of nitrogens with zero attached hydrogens (tertiary/aromatic N) is 2. The molecule has 2 atom stereocenters. The highest BCUT2D eigenvalue weighted by Gasteiger charge is 2.40. The average Bonchev–Trinajstić information content (AvgIpc) is 2.64. The van der Waals surface area contributed by atoms with Gasteiger partial charge >= 0.3 is 0 Å². The molecule has 1 aromatic rings. The summed E-state index contributed by atoms with van der Waals surface area (Å²) < 4.78 is 32.7. The Bertz CT molecular complexity index is 716. The van der Waals surface area contributed by atoms with E-state index >= 15 is 0 Å². The number of rotatable bonds is 4. The largest absolute Gasteiger partial charge is 0.381 e. The second-order valence-corrected chi connectivity index (χ2v) is 9.17. The number of sulfonamides is 1. The third kappa shape index (κ3) is 4.10. The van der Waals surface area contributed by atoms with Crippen LogP contribution in [0.2, 0.25) is 0 Å². The molecule has 0 saturated carbocycles. The van der Waals surface area contributed by atoms with Gasteiger partial charge in [0.25, 0.3) is 0 Å². The quantitative estimate of drug-likeness (QED) is 0.800. The van der Waals surface area contributed by atoms with Crippen molar-refractivity contribution >= 4 is 15.9 Å². The highest BCUT2D eigenvalue weighted by molar-refractivity contribution is 7.88. The highest BCUT2D eigenvalue weighted by Crippen LogP contribution is 2.26. The van der Waals surface area contributed by atoms with E-state index in [0.29, 0.717) is 26.3 Å². The first-order valence-electron chi connectivity index (χ1n) is 9.32. The molecule has 1 amide bonds. The molecule has 0 radical (unpaired) electrons. The first kappa shape index (κ1) is 19.3. The molecule has 7 heteroatoms. The fourth-order valence-corrected chi connectivity index (χ4v) is 5.69. The average molecular weight is 381 g/mol. The van der Waals surface area contributed by atoms with Crippen molar-refractivity contribution in [3.05, 3.63) is 35.9 Å². The third-order valence-corrected chi connectivity index (χ3v) is 7.54. The van der Waals surface area contributed by atoms with E-state index in [0.717, 1.165) is 18.4 Å². The molecule has 0 bridgehead atoms. The van der Waals surface area contributed by atoms with E-state index in [1.165, 1.54) is 0 Å². The zero-order valence-electron chi connectivity index (χ0n) is 15.5. The molecule has 0 aliphatic carbocycles. The fourth-order valence-electron chi connectivity index (χ4n) is 3.86. The lowest BCUT2D eigenvalue weighted by Gasteiger charge is -2.45. The van der Waals surface area contributed by atoms with Gasteiger partial charge in [0.05, 0.1) is 5.75 Å². The van der Waals surface area contributed by atoms with Crippen LogP contribution < -0.4 is 0 Å². The molecule has 3 rings (SSSR count). The Kier molecular flexibility index (Phi) is 5.99. The number of ether oxygens (including phenoxy) is 1. The van der Waals surface area contributed by atoms with Crippen LogP contribution in [-0.2, 0) is 25.3 Å². The van der Waals surface area contributed by atoms with Gasteiger partial charge in [-0.3, -0.25) is 4.79 Å². The lowest BCUT2D eigenvalue weighted by Crippen LogP contribution is -2.61. The van der Waals surface area contributed by atoms with Crippen LogP contribution in [0.3, 0.4) is 0 Å². The maximum atomic E-state index is 12.9. The predicted molar refractivity (Wildman–Crippen MR) is 100.0 cm³/mol. The molecule has 1 aromatic carbocycles. The topological polar surface area (TPSA) is 66.9 Å². The number of benzene rings is 1. The molecule has 0 aromatic heterocycles. The smallest absolute Gasteiger partial charge is 0.226 e. The van der Waals surface area contributed by atoms with E-state index in [1.807, 2.05) is 49.1 Å². The Balaban J connectivity index is 1.68. The fraction of sp³-hybridized carbons (Fsp3) is 0.632. The maximum absolute atomic E-state index is 12.9. The van der Waals surface area contributed by atoms with Gasteiger partial charge in [0.2, 0.25) is 15.9 Å². The van der Waals surface area contributed by atoms with Crippen LogP contribution in [0.1, 0.15) is 32.3 Å². The van der Waals surface area contributed by atoms with Crippen molar-refractivity contribution in [3.8, 4) is 0 Å². The molecule has 2 fully saturated rings. The minimum Gasteiger partial charge on any atom is -0.381 e. The Morgan fingerprint density at radius 2 is 1.73 bits per heavy atom. The second-order valence-electron chi connectivity index (χ2n) is 7.25. The lowest BCUT2D eigenvalue weighted by molar-refractivity contribution is -0.143. The molecule has 0 N–H and O–H groups in total. The van der Waals surface area contributed by atoms with Crippen LogP contribution in [0.15, 0.2) is 30.3 Å². The molecule has 26 heavy (non-hydrogen) atoms. The predicted octanol–water partition coefficient (Wildman–Crippen LogP) is 1.86. The second kappa shape index (κ2) is 8.06. The summed E-state index contributed by atoms with van der Waals surface area (Å²) in [6.07, 6.45) is 1.51. The van der Waals surface area contributed by atoms with Gasteiger partial charge in [-0.25, -0.2) is 8.42 Å². The number of carbonyl (C=O) groups is 1. The minimum absolute atomic E-state index is 0.00118.